The molecular weight excluding hydrogens is 424 g/mol. The topological polar surface area (TPSA) is 111 Å². The molecule has 0 spiro atoms. The van der Waals surface area contributed by atoms with E-state index in [1.54, 1.807) is 24.3 Å². The second-order valence-electron chi connectivity index (χ2n) is 6.79. The Morgan fingerprint density at radius 1 is 1.06 bits per heavy atom. The van der Waals surface area contributed by atoms with Crippen LogP contribution in [0.2, 0.25) is 0 Å². The Bertz CT molecular complexity index is 1190. The number of nitriles is 1. The van der Waals surface area contributed by atoms with Crippen molar-refractivity contribution in [3.05, 3.63) is 88.9 Å². The quantitative estimate of drug-likeness (QED) is 0.302. The lowest BCUT2D eigenvalue weighted by Crippen LogP contribution is -2.23. The summed E-state index contributed by atoms with van der Waals surface area (Å²) >= 11 is 0. The molecule has 1 aromatic heterocycles. The highest BCUT2D eigenvalue weighted by molar-refractivity contribution is 6.01. The van der Waals surface area contributed by atoms with Crippen LogP contribution in [-0.2, 0) is 22.7 Å². The van der Waals surface area contributed by atoms with Gasteiger partial charge >= 0.3 is 5.97 Å². The van der Waals surface area contributed by atoms with Crippen molar-refractivity contribution in [2.45, 2.75) is 13.2 Å². The third-order valence-electron chi connectivity index (χ3n) is 4.58. The SMILES string of the molecule is COC(=O)c1ccc(COc2ccc(C=C(C#N)C(=O)NCc3ccccc3)cc2OC)o1. The number of amides is 1. The summed E-state index contributed by atoms with van der Waals surface area (Å²) in [4.78, 5) is 23.9. The maximum absolute atomic E-state index is 12.4. The first-order valence-electron chi connectivity index (χ1n) is 9.96. The summed E-state index contributed by atoms with van der Waals surface area (Å²) in [6.45, 7) is 0.382. The second kappa shape index (κ2) is 11.2. The smallest absolute Gasteiger partial charge is 0.373 e. The zero-order chi connectivity index (χ0) is 23.6. The van der Waals surface area contributed by atoms with Crippen molar-refractivity contribution in [3.63, 3.8) is 0 Å². The second-order valence-corrected chi connectivity index (χ2v) is 6.79. The van der Waals surface area contributed by atoms with Crippen LogP contribution in [0.15, 0.2) is 70.7 Å². The van der Waals surface area contributed by atoms with E-state index >= 15 is 0 Å². The van der Waals surface area contributed by atoms with Crippen LogP contribution < -0.4 is 14.8 Å². The van der Waals surface area contributed by atoms with Gasteiger partial charge < -0.3 is 23.9 Å². The van der Waals surface area contributed by atoms with Crippen LogP contribution in [0.3, 0.4) is 0 Å². The Morgan fingerprint density at radius 2 is 1.85 bits per heavy atom. The number of rotatable bonds is 9. The fourth-order valence-corrected chi connectivity index (χ4v) is 2.90. The largest absolute Gasteiger partial charge is 0.493 e. The molecule has 0 radical (unpaired) electrons. The molecule has 8 heteroatoms. The van der Waals surface area contributed by atoms with Gasteiger partial charge in [-0.3, -0.25) is 4.79 Å². The Hall–Kier alpha value is -4.51. The van der Waals surface area contributed by atoms with E-state index < -0.39 is 11.9 Å². The minimum Gasteiger partial charge on any atom is -0.493 e. The molecule has 0 aliphatic carbocycles. The van der Waals surface area contributed by atoms with Gasteiger partial charge in [0.15, 0.2) is 11.5 Å². The van der Waals surface area contributed by atoms with Gasteiger partial charge in [-0.1, -0.05) is 36.4 Å². The van der Waals surface area contributed by atoms with Gasteiger partial charge in [-0.15, -0.1) is 0 Å². The molecule has 0 unspecified atom stereocenters. The molecule has 33 heavy (non-hydrogen) atoms. The number of ether oxygens (including phenoxy) is 3. The maximum atomic E-state index is 12.4. The molecule has 1 heterocycles. The minimum atomic E-state index is -0.573. The van der Waals surface area contributed by atoms with E-state index in [0.29, 0.717) is 29.4 Å². The van der Waals surface area contributed by atoms with Gasteiger partial charge in [-0.25, -0.2) is 4.79 Å². The number of esters is 1. The molecule has 168 valence electrons. The van der Waals surface area contributed by atoms with Gasteiger partial charge in [0.2, 0.25) is 5.76 Å². The molecule has 0 aliphatic rings. The number of nitrogens with one attached hydrogen (secondary N) is 1. The Balaban J connectivity index is 1.67. The zero-order valence-electron chi connectivity index (χ0n) is 18.2. The normalized spacial score (nSPS) is 10.8. The van der Waals surface area contributed by atoms with E-state index in [2.05, 4.69) is 10.1 Å². The Kier molecular flexibility index (Phi) is 7.86. The van der Waals surface area contributed by atoms with E-state index in [-0.39, 0.29) is 17.9 Å². The van der Waals surface area contributed by atoms with Crippen LogP contribution in [-0.4, -0.2) is 26.1 Å². The number of hydrogen-bond donors (Lipinski definition) is 1. The third-order valence-corrected chi connectivity index (χ3v) is 4.58. The summed E-state index contributed by atoms with van der Waals surface area (Å²) in [5, 5.41) is 12.2. The molecule has 1 amide bonds. The average molecular weight is 446 g/mol. The molecule has 3 rings (SSSR count). The summed E-state index contributed by atoms with van der Waals surface area (Å²) < 4.78 is 21.1. The molecule has 0 bridgehead atoms. The van der Waals surface area contributed by atoms with Gasteiger partial charge in [-0.2, -0.15) is 5.26 Å². The van der Waals surface area contributed by atoms with Crippen molar-refractivity contribution < 1.29 is 28.2 Å². The molecule has 2 aromatic carbocycles. The van der Waals surface area contributed by atoms with Crippen molar-refractivity contribution in [1.82, 2.24) is 5.32 Å². The standard InChI is InChI=1S/C25H22N2O6/c1-30-23-13-18(12-19(14-26)24(28)27-15-17-6-4-3-5-7-17)8-10-21(23)32-16-20-9-11-22(33-20)25(29)31-2/h3-13H,15-16H2,1-2H3,(H,27,28). The number of methoxy groups -OCH3 is 2. The number of carbonyl (C=O) groups is 2. The molecular formula is C25H22N2O6. The highest BCUT2D eigenvalue weighted by Crippen LogP contribution is 2.30. The lowest BCUT2D eigenvalue weighted by atomic mass is 10.1. The van der Waals surface area contributed by atoms with Crippen LogP contribution in [0.25, 0.3) is 6.08 Å². The first kappa shape index (κ1) is 23.2. The highest BCUT2D eigenvalue weighted by atomic mass is 16.5. The van der Waals surface area contributed by atoms with Crippen LogP contribution in [0.1, 0.15) is 27.4 Å². The number of carbonyl (C=O) groups excluding carboxylic acids is 2. The Labute approximate surface area is 191 Å². The first-order chi connectivity index (χ1) is 16.0. The number of furan rings is 1. The van der Waals surface area contributed by atoms with Crippen molar-refractivity contribution in [2.75, 3.05) is 14.2 Å². The summed E-state index contributed by atoms with van der Waals surface area (Å²) in [6, 6.07) is 19.5. The summed E-state index contributed by atoms with van der Waals surface area (Å²) in [5.41, 5.74) is 1.49. The molecule has 0 fully saturated rings. The van der Waals surface area contributed by atoms with Gasteiger partial charge in [0.1, 0.15) is 24.0 Å². The van der Waals surface area contributed by atoms with Crippen molar-refractivity contribution >= 4 is 18.0 Å². The zero-order valence-corrected chi connectivity index (χ0v) is 18.2. The number of nitrogens with zero attached hydrogens (tertiary/aromatic N) is 1. The van der Waals surface area contributed by atoms with E-state index in [4.69, 9.17) is 13.9 Å². The predicted octanol–water partition coefficient (Wildman–Crippen LogP) is 3.88. The van der Waals surface area contributed by atoms with Gasteiger partial charge in [0.05, 0.1) is 14.2 Å². The summed E-state index contributed by atoms with van der Waals surface area (Å²) in [5.74, 6) is 0.306. The fraction of sp³-hybridized carbons (Fsp3) is 0.160. The molecule has 1 N–H and O–H groups in total. The lowest BCUT2D eigenvalue weighted by molar-refractivity contribution is -0.117. The summed E-state index contributed by atoms with van der Waals surface area (Å²) in [6.07, 6.45) is 1.47. The maximum Gasteiger partial charge on any atom is 0.373 e. The highest BCUT2D eigenvalue weighted by Gasteiger charge is 2.13. The van der Waals surface area contributed by atoms with E-state index in [9.17, 15) is 14.9 Å². The monoisotopic (exact) mass is 446 g/mol. The Morgan fingerprint density at radius 3 is 2.55 bits per heavy atom. The average Bonchev–Trinajstić information content (AvgIpc) is 3.34. The predicted molar refractivity (Wildman–Crippen MR) is 119 cm³/mol. The molecule has 0 saturated carbocycles. The molecule has 3 aromatic rings. The van der Waals surface area contributed by atoms with Crippen molar-refractivity contribution in [2.24, 2.45) is 0 Å². The van der Waals surface area contributed by atoms with E-state index in [1.807, 2.05) is 36.4 Å². The molecule has 8 nitrogen and oxygen atoms in total. The number of hydrogen-bond acceptors (Lipinski definition) is 7. The lowest BCUT2D eigenvalue weighted by Gasteiger charge is -2.11. The first-order valence-corrected chi connectivity index (χ1v) is 9.96. The van der Waals surface area contributed by atoms with Crippen LogP contribution in [0, 0.1) is 11.3 Å². The van der Waals surface area contributed by atoms with Crippen LogP contribution in [0.4, 0.5) is 0 Å². The van der Waals surface area contributed by atoms with Crippen LogP contribution >= 0.6 is 0 Å². The molecule has 0 atom stereocenters. The van der Waals surface area contributed by atoms with Crippen molar-refractivity contribution in [1.29, 1.82) is 5.26 Å². The number of benzene rings is 2. The third kappa shape index (κ3) is 6.24. The van der Waals surface area contributed by atoms with Gasteiger partial charge in [0.25, 0.3) is 5.91 Å². The fourth-order valence-electron chi connectivity index (χ4n) is 2.90. The molecule has 0 aliphatic heterocycles. The van der Waals surface area contributed by atoms with Crippen LogP contribution in [0.5, 0.6) is 11.5 Å². The van der Waals surface area contributed by atoms with Crippen molar-refractivity contribution in [3.8, 4) is 17.6 Å². The molecule has 0 saturated heterocycles. The van der Waals surface area contributed by atoms with E-state index in [0.717, 1.165) is 5.56 Å². The van der Waals surface area contributed by atoms with Gasteiger partial charge in [-0.05, 0) is 41.5 Å². The van der Waals surface area contributed by atoms with Gasteiger partial charge in [0, 0.05) is 6.54 Å². The van der Waals surface area contributed by atoms with E-state index in [1.165, 1.54) is 26.4 Å². The minimum absolute atomic E-state index is 0.0347. The summed E-state index contributed by atoms with van der Waals surface area (Å²) in [7, 11) is 2.75.